The molecule has 1 aromatic rings. The van der Waals surface area contributed by atoms with Crippen molar-refractivity contribution in [3.8, 4) is 11.5 Å². The van der Waals surface area contributed by atoms with Crippen molar-refractivity contribution in [2.75, 3.05) is 13.2 Å². The van der Waals surface area contributed by atoms with E-state index in [1.807, 2.05) is 20.8 Å². The van der Waals surface area contributed by atoms with E-state index in [9.17, 15) is 9.59 Å². The van der Waals surface area contributed by atoms with Gasteiger partial charge in [-0.2, -0.15) is 0 Å². The van der Waals surface area contributed by atoms with Gasteiger partial charge in [0.25, 0.3) is 0 Å². The molecule has 1 aromatic carbocycles. The van der Waals surface area contributed by atoms with Crippen LogP contribution in [0.3, 0.4) is 0 Å². The lowest BCUT2D eigenvalue weighted by atomic mass is 9.93. The van der Waals surface area contributed by atoms with Crippen LogP contribution in [0.1, 0.15) is 44.0 Å². The number of Topliss-reactive ketones (excluding diaryl/α,β-unsaturated/α-hetero) is 1. The first-order chi connectivity index (χ1) is 9.91. The van der Waals surface area contributed by atoms with E-state index >= 15 is 0 Å². The van der Waals surface area contributed by atoms with Gasteiger partial charge in [-0.25, -0.2) is 0 Å². The van der Waals surface area contributed by atoms with E-state index in [0.29, 0.717) is 43.1 Å². The smallest absolute Gasteiger partial charge is 0.223 e. The summed E-state index contributed by atoms with van der Waals surface area (Å²) in [7, 11) is 0. The topological polar surface area (TPSA) is 64.6 Å². The van der Waals surface area contributed by atoms with Crippen molar-refractivity contribution in [3.05, 3.63) is 23.8 Å². The highest BCUT2D eigenvalue weighted by molar-refractivity contribution is 6.00. The van der Waals surface area contributed by atoms with Crippen LogP contribution in [0.4, 0.5) is 0 Å². The Morgan fingerprint density at radius 2 is 2.19 bits per heavy atom. The zero-order valence-electron chi connectivity index (χ0n) is 12.7. The van der Waals surface area contributed by atoms with E-state index in [0.717, 1.165) is 0 Å². The van der Waals surface area contributed by atoms with Gasteiger partial charge in [-0.1, -0.05) is 0 Å². The molecule has 1 aliphatic heterocycles. The van der Waals surface area contributed by atoms with E-state index in [2.05, 4.69) is 5.32 Å². The Kier molecular flexibility index (Phi) is 4.50. The lowest BCUT2D eigenvalue weighted by Crippen LogP contribution is -2.35. The molecule has 1 N–H and O–H groups in total. The van der Waals surface area contributed by atoms with Gasteiger partial charge < -0.3 is 14.8 Å². The third-order valence-corrected chi connectivity index (χ3v) is 3.20. The molecular weight excluding hydrogens is 270 g/mol. The van der Waals surface area contributed by atoms with Crippen molar-refractivity contribution >= 4 is 11.7 Å². The maximum atomic E-state index is 12.0. The molecule has 5 nitrogen and oxygen atoms in total. The van der Waals surface area contributed by atoms with Crippen molar-refractivity contribution in [1.82, 2.24) is 5.32 Å². The Morgan fingerprint density at radius 1 is 1.43 bits per heavy atom. The molecule has 1 aliphatic rings. The maximum absolute atomic E-state index is 12.0. The van der Waals surface area contributed by atoms with E-state index in [4.69, 9.17) is 9.47 Å². The molecule has 1 amide bonds. The van der Waals surface area contributed by atoms with Gasteiger partial charge in [0, 0.05) is 12.6 Å². The Hall–Kier alpha value is -2.04. The third kappa shape index (κ3) is 3.97. The van der Waals surface area contributed by atoms with E-state index < -0.39 is 5.60 Å². The highest BCUT2D eigenvalue weighted by Crippen LogP contribution is 2.35. The standard InChI is InChI=1S/C16H21NO4/c1-4-17-15(19)7-8-20-11-5-6-12-13(18)10-16(2,3)21-14(12)9-11/h5-6,9H,4,7-8,10H2,1-3H3,(H,17,19). The summed E-state index contributed by atoms with van der Waals surface area (Å²) in [6.07, 6.45) is 0.674. The Morgan fingerprint density at radius 3 is 2.90 bits per heavy atom. The molecule has 0 saturated carbocycles. The number of carbonyl (C=O) groups is 2. The summed E-state index contributed by atoms with van der Waals surface area (Å²) in [5, 5.41) is 2.71. The minimum atomic E-state index is -0.496. The largest absolute Gasteiger partial charge is 0.493 e. The number of benzene rings is 1. The van der Waals surface area contributed by atoms with Crippen LogP contribution in [0, 0.1) is 0 Å². The van der Waals surface area contributed by atoms with Crippen LogP contribution in [-0.2, 0) is 4.79 Å². The molecule has 1 heterocycles. The summed E-state index contributed by atoms with van der Waals surface area (Å²) in [5.74, 6) is 1.19. The SMILES string of the molecule is CCNC(=O)CCOc1ccc2c(c1)OC(C)(C)CC2=O. The molecule has 0 aromatic heterocycles. The quantitative estimate of drug-likeness (QED) is 0.904. The van der Waals surface area contributed by atoms with Gasteiger partial charge in [0.15, 0.2) is 5.78 Å². The van der Waals surface area contributed by atoms with E-state index in [1.54, 1.807) is 18.2 Å². The fraction of sp³-hybridized carbons (Fsp3) is 0.500. The second kappa shape index (κ2) is 6.16. The molecule has 5 heteroatoms. The molecule has 0 unspecified atom stereocenters. The number of nitrogens with one attached hydrogen (secondary N) is 1. The lowest BCUT2D eigenvalue weighted by molar-refractivity contribution is -0.121. The molecule has 2 rings (SSSR count). The number of hydrogen-bond donors (Lipinski definition) is 1. The van der Waals surface area contributed by atoms with Crippen LogP contribution in [0.25, 0.3) is 0 Å². The lowest BCUT2D eigenvalue weighted by Gasteiger charge is -2.31. The van der Waals surface area contributed by atoms with Crippen molar-refractivity contribution < 1.29 is 19.1 Å². The summed E-state index contributed by atoms with van der Waals surface area (Å²) >= 11 is 0. The summed E-state index contributed by atoms with van der Waals surface area (Å²) in [4.78, 5) is 23.3. The van der Waals surface area contributed by atoms with E-state index in [-0.39, 0.29) is 11.7 Å². The van der Waals surface area contributed by atoms with Crippen LogP contribution in [0.5, 0.6) is 11.5 Å². The molecular formula is C16H21NO4. The minimum absolute atomic E-state index is 0.0389. The second-order valence-corrected chi connectivity index (χ2v) is 5.67. The Bertz CT molecular complexity index is 551. The van der Waals surface area contributed by atoms with Gasteiger partial charge in [0.05, 0.1) is 25.0 Å². The number of ether oxygens (including phenoxy) is 2. The number of hydrogen-bond acceptors (Lipinski definition) is 4. The van der Waals surface area contributed by atoms with Crippen LogP contribution in [0.15, 0.2) is 18.2 Å². The molecule has 21 heavy (non-hydrogen) atoms. The summed E-state index contributed by atoms with van der Waals surface area (Å²) in [5.41, 5.74) is 0.0920. The number of ketones is 1. The minimum Gasteiger partial charge on any atom is -0.493 e. The molecule has 0 atom stereocenters. The average molecular weight is 291 g/mol. The fourth-order valence-electron chi connectivity index (χ4n) is 2.27. The van der Waals surface area contributed by atoms with Crippen molar-refractivity contribution in [2.24, 2.45) is 0 Å². The monoisotopic (exact) mass is 291 g/mol. The number of fused-ring (bicyclic) bond motifs is 1. The summed E-state index contributed by atoms with van der Waals surface area (Å²) in [6, 6.07) is 5.16. The van der Waals surface area contributed by atoms with Gasteiger partial charge in [-0.05, 0) is 32.9 Å². The fourth-order valence-corrected chi connectivity index (χ4v) is 2.27. The Labute approximate surface area is 124 Å². The first-order valence-corrected chi connectivity index (χ1v) is 7.17. The highest BCUT2D eigenvalue weighted by Gasteiger charge is 2.32. The third-order valence-electron chi connectivity index (χ3n) is 3.20. The number of amides is 1. The zero-order valence-corrected chi connectivity index (χ0v) is 12.7. The number of rotatable bonds is 5. The summed E-state index contributed by atoms with van der Waals surface area (Å²) < 4.78 is 11.4. The predicted molar refractivity (Wildman–Crippen MR) is 78.9 cm³/mol. The molecule has 0 spiro atoms. The number of carbonyl (C=O) groups excluding carboxylic acids is 2. The predicted octanol–water partition coefficient (Wildman–Crippen LogP) is 2.34. The van der Waals surface area contributed by atoms with Gasteiger partial charge in [-0.3, -0.25) is 9.59 Å². The average Bonchev–Trinajstić information content (AvgIpc) is 2.37. The molecule has 0 saturated heterocycles. The van der Waals surface area contributed by atoms with Crippen LogP contribution >= 0.6 is 0 Å². The van der Waals surface area contributed by atoms with Gasteiger partial charge in [0.2, 0.25) is 5.91 Å². The molecule has 0 bridgehead atoms. The molecule has 0 aliphatic carbocycles. The van der Waals surface area contributed by atoms with Gasteiger partial charge in [-0.15, -0.1) is 0 Å². The first-order valence-electron chi connectivity index (χ1n) is 7.17. The van der Waals surface area contributed by atoms with Gasteiger partial charge in [0.1, 0.15) is 17.1 Å². The first kappa shape index (κ1) is 15.4. The molecule has 114 valence electrons. The van der Waals surface area contributed by atoms with E-state index in [1.165, 1.54) is 0 Å². The Balaban J connectivity index is 2.01. The van der Waals surface area contributed by atoms with Crippen LogP contribution in [0.2, 0.25) is 0 Å². The van der Waals surface area contributed by atoms with Crippen molar-refractivity contribution in [1.29, 1.82) is 0 Å². The van der Waals surface area contributed by atoms with Crippen LogP contribution in [-0.4, -0.2) is 30.4 Å². The van der Waals surface area contributed by atoms with Gasteiger partial charge >= 0.3 is 0 Å². The molecule has 0 radical (unpaired) electrons. The second-order valence-electron chi connectivity index (χ2n) is 5.67. The highest BCUT2D eigenvalue weighted by atomic mass is 16.5. The van der Waals surface area contributed by atoms with Crippen LogP contribution < -0.4 is 14.8 Å². The summed E-state index contributed by atoms with van der Waals surface area (Å²) in [6.45, 7) is 6.55. The normalized spacial score (nSPS) is 15.9. The van der Waals surface area contributed by atoms with Crippen molar-refractivity contribution in [2.45, 2.75) is 39.2 Å². The maximum Gasteiger partial charge on any atom is 0.223 e. The van der Waals surface area contributed by atoms with Crippen molar-refractivity contribution in [3.63, 3.8) is 0 Å². The zero-order chi connectivity index (χ0) is 15.5. The molecule has 0 fully saturated rings.